The van der Waals surface area contributed by atoms with Crippen molar-refractivity contribution in [1.29, 1.82) is 0 Å². The predicted molar refractivity (Wildman–Crippen MR) is 88.1 cm³/mol. The average molecular weight is 291 g/mol. The molecule has 2 heterocycles. The molecule has 1 aromatic heterocycles. The molecular weight excluding hydrogens is 262 g/mol. The van der Waals surface area contributed by atoms with Crippen LogP contribution in [0.4, 0.5) is 5.82 Å². The van der Waals surface area contributed by atoms with Gasteiger partial charge in [-0.25, -0.2) is 0 Å². The van der Waals surface area contributed by atoms with Crippen LogP contribution in [0.25, 0.3) is 0 Å². The van der Waals surface area contributed by atoms with Gasteiger partial charge in [-0.15, -0.1) is 0 Å². The van der Waals surface area contributed by atoms with Gasteiger partial charge in [-0.2, -0.15) is 4.98 Å². The monoisotopic (exact) mass is 291 g/mol. The summed E-state index contributed by atoms with van der Waals surface area (Å²) >= 11 is 0. The van der Waals surface area contributed by atoms with E-state index in [1.807, 2.05) is 19.1 Å². The lowest BCUT2D eigenvalue weighted by atomic mass is 9.95. The molecule has 0 amide bonds. The first-order valence-corrected chi connectivity index (χ1v) is 8.08. The van der Waals surface area contributed by atoms with Crippen LogP contribution in [-0.4, -0.2) is 36.8 Å². The van der Waals surface area contributed by atoms with Gasteiger partial charge < -0.3 is 15.0 Å². The molecule has 0 aliphatic carbocycles. The molecule has 1 aliphatic rings. The highest BCUT2D eigenvalue weighted by Gasteiger charge is 2.21. The van der Waals surface area contributed by atoms with Crippen LogP contribution in [0.5, 0.6) is 5.88 Å². The minimum Gasteiger partial charge on any atom is -0.478 e. The Hall–Kier alpha value is -1.29. The van der Waals surface area contributed by atoms with Crippen LogP contribution in [0.1, 0.15) is 40.5 Å². The van der Waals surface area contributed by atoms with Gasteiger partial charge in [-0.05, 0) is 59.1 Å². The van der Waals surface area contributed by atoms with Gasteiger partial charge in [0.25, 0.3) is 0 Å². The summed E-state index contributed by atoms with van der Waals surface area (Å²) in [6, 6.07) is 6.03. The second kappa shape index (κ2) is 7.12. The van der Waals surface area contributed by atoms with Crippen LogP contribution in [0, 0.1) is 5.92 Å². The molecule has 0 aromatic carbocycles. The predicted octanol–water partition coefficient (Wildman–Crippen LogP) is 3.08. The Labute approximate surface area is 128 Å². The number of piperidine rings is 1. The van der Waals surface area contributed by atoms with Gasteiger partial charge in [0.2, 0.25) is 5.88 Å². The molecule has 118 valence electrons. The minimum atomic E-state index is 0.213. The van der Waals surface area contributed by atoms with E-state index >= 15 is 0 Å². The summed E-state index contributed by atoms with van der Waals surface area (Å²) in [6.07, 6.45) is 2.45. The van der Waals surface area contributed by atoms with Crippen molar-refractivity contribution in [3.8, 4) is 5.88 Å². The number of nitrogens with one attached hydrogen (secondary N) is 1. The van der Waals surface area contributed by atoms with Crippen molar-refractivity contribution in [3.05, 3.63) is 18.2 Å². The highest BCUT2D eigenvalue weighted by atomic mass is 16.5. The zero-order valence-electron chi connectivity index (χ0n) is 13.9. The van der Waals surface area contributed by atoms with E-state index in [4.69, 9.17) is 4.74 Å². The number of pyridine rings is 1. The molecule has 2 rings (SSSR count). The molecule has 4 nitrogen and oxygen atoms in total. The summed E-state index contributed by atoms with van der Waals surface area (Å²) in [5, 5.41) is 3.62. The maximum atomic E-state index is 5.49. The first-order chi connectivity index (χ1) is 9.98. The van der Waals surface area contributed by atoms with E-state index in [0.29, 0.717) is 6.61 Å². The molecule has 0 unspecified atom stereocenters. The molecule has 21 heavy (non-hydrogen) atoms. The standard InChI is InChI=1S/C17H29N3O/c1-5-21-16-8-6-7-15(19-16)20-11-9-14(10-12-20)13-18-17(2,3)4/h6-8,14,18H,5,9-13H2,1-4H3. The van der Waals surface area contributed by atoms with E-state index in [9.17, 15) is 0 Å². The van der Waals surface area contributed by atoms with Crippen molar-refractivity contribution >= 4 is 5.82 Å². The fraction of sp³-hybridized carbons (Fsp3) is 0.706. The largest absolute Gasteiger partial charge is 0.478 e. The molecule has 0 spiro atoms. The Bertz CT molecular complexity index is 434. The molecule has 0 bridgehead atoms. The van der Waals surface area contributed by atoms with Gasteiger partial charge in [0, 0.05) is 24.7 Å². The Balaban J connectivity index is 1.84. The second-order valence-electron chi connectivity index (χ2n) is 6.83. The van der Waals surface area contributed by atoms with E-state index in [2.05, 4.69) is 42.0 Å². The van der Waals surface area contributed by atoms with Crippen LogP contribution in [0.3, 0.4) is 0 Å². The zero-order chi connectivity index (χ0) is 15.3. The third-order valence-corrected chi connectivity index (χ3v) is 3.86. The van der Waals surface area contributed by atoms with E-state index in [1.165, 1.54) is 12.8 Å². The first-order valence-electron chi connectivity index (χ1n) is 8.08. The topological polar surface area (TPSA) is 37.4 Å². The van der Waals surface area contributed by atoms with Crippen molar-refractivity contribution in [3.63, 3.8) is 0 Å². The van der Waals surface area contributed by atoms with Crippen molar-refractivity contribution in [2.45, 2.75) is 46.1 Å². The zero-order valence-corrected chi connectivity index (χ0v) is 13.9. The van der Waals surface area contributed by atoms with Crippen molar-refractivity contribution in [1.82, 2.24) is 10.3 Å². The Morgan fingerprint density at radius 2 is 2.00 bits per heavy atom. The van der Waals surface area contributed by atoms with Crippen molar-refractivity contribution < 1.29 is 4.74 Å². The molecule has 1 saturated heterocycles. The number of hydrogen-bond acceptors (Lipinski definition) is 4. The third kappa shape index (κ3) is 5.20. The van der Waals surface area contributed by atoms with E-state index in [-0.39, 0.29) is 5.54 Å². The Morgan fingerprint density at radius 1 is 1.29 bits per heavy atom. The Kier molecular flexibility index (Phi) is 5.45. The molecule has 0 radical (unpaired) electrons. The minimum absolute atomic E-state index is 0.213. The molecule has 1 aliphatic heterocycles. The number of nitrogens with zero attached hydrogens (tertiary/aromatic N) is 2. The number of rotatable bonds is 5. The molecule has 0 atom stereocenters. The number of ether oxygens (including phenoxy) is 1. The van der Waals surface area contributed by atoms with E-state index < -0.39 is 0 Å². The fourth-order valence-electron chi connectivity index (χ4n) is 2.63. The maximum absolute atomic E-state index is 5.49. The smallest absolute Gasteiger partial charge is 0.215 e. The lowest BCUT2D eigenvalue weighted by Gasteiger charge is -2.34. The number of anilines is 1. The highest BCUT2D eigenvalue weighted by Crippen LogP contribution is 2.23. The van der Waals surface area contributed by atoms with Crippen LogP contribution in [0.15, 0.2) is 18.2 Å². The van der Waals surface area contributed by atoms with Gasteiger partial charge in [-0.3, -0.25) is 0 Å². The summed E-state index contributed by atoms with van der Waals surface area (Å²) in [6.45, 7) is 12.6. The average Bonchev–Trinajstić information content (AvgIpc) is 2.46. The molecule has 0 saturated carbocycles. The van der Waals surface area contributed by atoms with Crippen LogP contribution in [0.2, 0.25) is 0 Å². The van der Waals surface area contributed by atoms with Gasteiger partial charge in [0.05, 0.1) is 6.61 Å². The summed E-state index contributed by atoms with van der Waals surface area (Å²) in [5.74, 6) is 2.55. The van der Waals surface area contributed by atoms with Gasteiger partial charge in [0.1, 0.15) is 5.82 Å². The number of hydrogen-bond donors (Lipinski definition) is 1. The lowest BCUT2D eigenvalue weighted by molar-refractivity contribution is 0.321. The summed E-state index contributed by atoms with van der Waals surface area (Å²) in [4.78, 5) is 6.96. The van der Waals surface area contributed by atoms with Gasteiger partial charge in [0.15, 0.2) is 0 Å². The van der Waals surface area contributed by atoms with Crippen LogP contribution < -0.4 is 15.0 Å². The summed E-state index contributed by atoms with van der Waals surface area (Å²) in [7, 11) is 0. The quantitative estimate of drug-likeness (QED) is 0.904. The number of aromatic nitrogens is 1. The normalized spacial score (nSPS) is 17.0. The third-order valence-electron chi connectivity index (χ3n) is 3.86. The van der Waals surface area contributed by atoms with E-state index in [1.54, 1.807) is 0 Å². The van der Waals surface area contributed by atoms with Crippen molar-refractivity contribution in [2.75, 3.05) is 31.1 Å². The van der Waals surface area contributed by atoms with Crippen LogP contribution >= 0.6 is 0 Å². The van der Waals surface area contributed by atoms with E-state index in [0.717, 1.165) is 37.3 Å². The summed E-state index contributed by atoms with van der Waals surface area (Å²) in [5.41, 5.74) is 0.213. The first kappa shape index (κ1) is 16.1. The molecule has 1 N–H and O–H groups in total. The van der Waals surface area contributed by atoms with Gasteiger partial charge in [-0.1, -0.05) is 6.07 Å². The molecule has 1 aromatic rings. The SMILES string of the molecule is CCOc1cccc(N2CCC(CNC(C)(C)C)CC2)n1. The van der Waals surface area contributed by atoms with Gasteiger partial charge >= 0.3 is 0 Å². The fourth-order valence-corrected chi connectivity index (χ4v) is 2.63. The summed E-state index contributed by atoms with van der Waals surface area (Å²) < 4.78 is 5.49. The maximum Gasteiger partial charge on any atom is 0.215 e. The lowest BCUT2D eigenvalue weighted by Crippen LogP contribution is -2.43. The molecule has 1 fully saturated rings. The Morgan fingerprint density at radius 3 is 2.62 bits per heavy atom. The van der Waals surface area contributed by atoms with Crippen LogP contribution in [-0.2, 0) is 0 Å². The molecular formula is C17H29N3O. The second-order valence-corrected chi connectivity index (χ2v) is 6.83. The van der Waals surface area contributed by atoms with Crippen molar-refractivity contribution in [2.24, 2.45) is 5.92 Å². The molecule has 4 heteroatoms. The highest BCUT2D eigenvalue weighted by molar-refractivity contribution is 5.41.